The zero-order valence-corrected chi connectivity index (χ0v) is 14.8. The van der Waals surface area contributed by atoms with Gasteiger partial charge in [-0.2, -0.15) is 0 Å². The fraction of sp³-hybridized carbons (Fsp3) is 0.647. The van der Waals surface area contributed by atoms with Crippen molar-refractivity contribution in [2.45, 2.75) is 45.3 Å². The van der Waals surface area contributed by atoms with Crippen molar-refractivity contribution in [3.63, 3.8) is 0 Å². The van der Waals surface area contributed by atoms with Gasteiger partial charge in [-0.1, -0.05) is 19.9 Å². The smallest absolute Gasteiger partial charge is 0.133 e. The van der Waals surface area contributed by atoms with E-state index in [9.17, 15) is 0 Å². The van der Waals surface area contributed by atoms with E-state index in [1.165, 1.54) is 5.56 Å². The van der Waals surface area contributed by atoms with Gasteiger partial charge >= 0.3 is 0 Å². The molecule has 1 N–H and O–H groups in total. The van der Waals surface area contributed by atoms with Gasteiger partial charge in [-0.05, 0) is 59.4 Å². The van der Waals surface area contributed by atoms with E-state index in [0.717, 1.165) is 42.6 Å². The van der Waals surface area contributed by atoms with Crippen LogP contribution in [0.15, 0.2) is 22.7 Å². The molecule has 1 saturated heterocycles. The van der Waals surface area contributed by atoms with E-state index in [1.54, 1.807) is 7.11 Å². The highest BCUT2D eigenvalue weighted by atomic mass is 79.9. The van der Waals surface area contributed by atoms with Crippen molar-refractivity contribution in [2.75, 3.05) is 20.3 Å². The molecule has 1 aliphatic rings. The number of hydrogen-bond donors (Lipinski definition) is 1. The van der Waals surface area contributed by atoms with Crippen LogP contribution >= 0.6 is 15.9 Å². The van der Waals surface area contributed by atoms with Crippen LogP contribution in [0.3, 0.4) is 0 Å². The van der Waals surface area contributed by atoms with Crippen LogP contribution in [0.25, 0.3) is 0 Å². The van der Waals surface area contributed by atoms with E-state index in [4.69, 9.17) is 9.47 Å². The lowest BCUT2D eigenvalue weighted by molar-refractivity contribution is 0.0774. The summed E-state index contributed by atoms with van der Waals surface area (Å²) in [6.07, 6.45) is 3.70. The van der Waals surface area contributed by atoms with Crippen molar-refractivity contribution in [1.82, 2.24) is 5.32 Å². The van der Waals surface area contributed by atoms with Gasteiger partial charge in [-0.3, -0.25) is 0 Å². The second-order valence-electron chi connectivity index (χ2n) is 5.60. The van der Waals surface area contributed by atoms with E-state index >= 15 is 0 Å². The molecular weight excluding hydrogens is 330 g/mol. The molecule has 1 aliphatic heterocycles. The number of rotatable bonds is 7. The van der Waals surface area contributed by atoms with Gasteiger partial charge < -0.3 is 14.8 Å². The molecule has 118 valence electrons. The highest BCUT2D eigenvalue weighted by Gasteiger charge is 2.34. The molecular formula is C17H26BrNO2. The first-order valence-corrected chi connectivity index (χ1v) is 8.69. The SMILES string of the molecule is CCCNC(c1ccc(OC)c(Br)c1)C1CCOC1CC. The highest BCUT2D eigenvalue weighted by molar-refractivity contribution is 9.10. The topological polar surface area (TPSA) is 30.5 Å². The molecule has 4 heteroatoms. The largest absolute Gasteiger partial charge is 0.496 e. The fourth-order valence-electron chi connectivity index (χ4n) is 3.16. The summed E-state index contributed by atoms with van der Waals surface area (Å²) in [6.45, 7) is 6.33. The number of halogens is 1. The van der Waals surface area contributed by atoms with Crippen LogP contribution < -0.4 is 10.1 Å². The van der Waals surface area contributed by atoms with E-state index in [1.807, 2.05) is 6.07 Å². The first-order valence-electron chi connectivity index (χ1n) is 7.89. The van der Waals surface area contributed by atoms with Crippen LogP contribution in [0.2, 0.25) is 0 Å². The van der Waals surface area contributed by atoms with E-state index in [-0.39, 0.29) is 0 Å². The average molecular weight is 356 g/mol. The van der Waals surface area contributed by atoms with Crippen molar-refractivity contribution >= 4 is 15.9 Å². The molecule has 0 bridgehead atoms. The molecule has 1 aromatic carbocycles. The zero-order valence-electron chi connectivity index (χ0n) is 13.2. The molecule has 0 spiro atoms. The van der Waals surface area contributed by atoms with Gasteiger partial charge in [-0.15, -0.1) is 0 Å². The molecule has 0 saturated carbocycles. The molecule has 0 aliphatic carbocycles. The predicted molar refractivity (Wildman–Crippen MR) is 89.9 cm³/mol. The third-order valence-electron chi connectivity index (χ3n) is 4.24. The average Bonchev–Trinajstić information content (AvgIpc) is 2.96. The molecule has 2 rings (SSSR count). The van der Waals surface area contributed by atoms with Crippen LogP contribution in [0.5, 0.6) is 5.75 Å². The first-order chi connectivity index (χ1) is 10.2. The lowest BCUT2D eigenvalue weighted by Crippen LogP contribution is -2.33. The maximum Gasteiger partial charge on any atom is 0.133 e. The molecule has 21 heavy (non-hydrogen) atoms. The molecule has 1 aromatic rings. The van der Waals surface area contributed by atoms with Crippen LogP contribution in [-0.2, 0) is 4.74 Å². The maximum absolute atomic E-state index is 5.90. The molecule has 0 radical (unpaired) electrons. The van der Waals surface area contributed by atoms with Gasteiger partial charge in [0.05, 0.1) is 17.7 Å². The second kappa shape index (κ2) is 8.16. The predicted octanol–water partition coefficient (Wildman–Crippen LogP) is 4.31. The molecule has 3 unspecified atom stereocenters. The second-order valence-corrected chi connectivity index (χ2v) is 6.45. The highest BCUT2D eigenvalue weighted by Crippen LogP contribution is 2.37. The van der Waals surface area contributed by atoms with Crippen molar-refractivity contribution in [1.29, 1.82) is 0 Å². The zero-order chi connectivity index (χ0) is 15.2. The third kappa shape index (κ3) is 3.99. The summed E-state index contributed by atoms with van der Waals surface area (Å²) in [7, 11) is 1.70. The normalized spacial score (nSPS) is 23.2. The summed E-state index contributed by atoms with van der Waals surface area (Å²) in [5, 5.41) is 3.71. The molecule has 0 amide bonds. The van der Waals surface area contributed by atoms with Gasteiger partial charge in [-0.25, -0.2) is 0 Å². The Kier molecular flexibility index (Phi) is 6.52. The Balaban J connectivity index is 2.24. The van der Waals surface area contributed by atoms with Gasteiger partial charge in [0.2, 0.25) is 0 Å². The molecule has 0 aromatic heterocycles. The van der Waals surface area contributed by atoms with Gasteiger partial charge in [0.1, 0.15) is 5.75 Å². The summed E-state index contributed by atoms with van der Waals surface area (Å²) in [5.74, 6) is 1.42. The minimum absolute atomic E-state index is 0.347. The summed E-state index contributed by atoms with van der Waals surface area (Å²) >= 11 is 3.60. The monoisotopic (exact) mass is 355 g/mol. The Morgan fingerprint density at radius 2 is 2.24 bits per heavy atom. The van der Waals surface area contributed by atoms with Gasteiger partial charge in [0.25, 0.3) is 0 Å². The van der Waals surface area contributed by atoms with Crippen LogP contribution in [0.1, 0.15) is 44.7 Å². The lowest BCUT2D eigenvalue weighted by Gasteiger charge is -2.29. The van der Waals surface area contributed by atoms with E-state index in [2.05, 4.69) is 47.2 Å². The molecule has 1 heterocycles. The quantitative estimate of drug-likeness (QED) is 0.790. The Bertz CT molecular complexity index is 452. The Morgan fingerprint density at radius 1 is 1.43 bits per heavy atom. The number of nitrogens with one attached hydrogen (secondary N) is 1. The van der Waals surface area contributed by atoms with Gasteiger partial charge in [0, 0.05) is 18.6 Å². The summed E-state index contributed by atoms with van der Waals surface area (Å²) in [4.78, 5) is 0. The Hall–Kier alpha value is -0.580. The Labute approximate surface area is 136 Å². The summed E-state index contributed by atoms with van der Waals surface area (Å²) in [5.41, 5.74) is 1.31. The van der Waals surface area contributed by atoms with Gasteiger partial charge in [0.15, 0.2) is 0 Å². The standard InChI is InChI=1S/C17H26BrNO2/c1-4-9-19-17(13-8-10-21-15(13)5-2)12-6-7-16(20-3)14(18)11-12/h6-7,11,13,15,17,19H,4-5,8-10H2,1-3H3. The van der Waals surface area contributed by atoms with Crippen molar-refractivity contribution in [3.05, 3.63) is 28.2 Å². The van der Waals surface area contributed by atoms with E-state index in [0.29, 0.717) is 18.1 Å². The maximum atomic E-state index is 5.90. The Morgan fingerprint density at radius 3 is 2.86 bits per heavy atom. The summed E-state index contributed by atoms with van der Waals surface area (Å²) < 4.78 is 12.2. The molecule has 3 atom stereocenters. The number of methoxy groups -OCH3 is 1. The first kappa shape index (κ1) is 16.8. The number of benzene rings is 1. The van der Waals surface area contributed by atoms with E-state index < -0.39 is 0 Å². The van der Waals surface area contributed by atoms with Crippen LogP contribution in [-0.4, -0.2) is 26.4 Å². The lowest BCUT2D eigenvalue weighted by atomic mass is 9.86. The molecule has 1 fully saturated rings. The minimum atomic E-state index is 0.347. The molecule has 3 nitrogen and oxygen atoms in total. The van der Waals surface area contributed by atoms with Crippen molar-refractivity contribution < 1.29 is 9.47 Å². The number of hydrogen-bond acceptors (Lipinski definition) is 3. The van der Waals surface area contributed by atoms with Crippen LogP contribution in [0, 0.1) is 5.92 Å². The third-order valence-corrected chi connectivity index (χ3v) is 4.86. The number of ether oxygens (including phenoxy) is 2. The fourth-order valence-corrected chi connectivity index (χ4v) is 3.72. The summed E-state index contributed by atoms with van der Waals surface area (Å²) in [6, 6.07) is 6.73. The minimum Gasteiger partial charge on any atom is -0.496 e. The van der Waals surface area contributed by atoms with Crippen LogP contribution in [0.4, 0.5) is 0 Å². The van der Waals surface area contributed by atoms with Crippen molar-refractivity contribution in [2.24, 2.45) is 5.92 Å². The van der Waals surface area contributed by atoms with Crippen molar-refractivity contribution in [3.8, 4) is 5.75 Å².